The summed E-state index contributed by atoms with van der Waals surface area (Å²) in [6.07, 6.45) is 0. The molecule has 0 saturated carbocycles. The molecule has 9 heteroatoms. The zero-order chi connectivity index (χ0) is 15.0. The van der Waals surface area contributed by atoms with Gasteiger partial charge in [0.1, 0.15) is 10.6 Å². The van der Waals surface area contributed by atoms with E-state index in [1.165, 1.54) is 11.3 Å². The molecule has 5 nitrogen and oxygen atoms in total. The molecule has 2 heterocycles. The van der Waals surface area contributed by atoms with Crippen molar-refractivity contribution in [2.24, 2.45) is 5.84 Å². The van der Waals surface area contributed by atoms with E-state index in [0.717, 1.165) is 12.1 Å². The summed E-state index contributed by atoms with van der Waals surface area (Å²) >= 11 is 1.36. The summed E-state index contributed by atoms with van der Waals surface area (Å²) in [7, 11) is 0. The third-order valence-electron chi connectivity index (χ3n) is 2.70. The molecule has 3 rings (SSSR count). The van der Waals surface area contributed by atoms with Gasteiger partial charge in [-0.2, -0.15) is 4.98 Å². The van der Waals surface area contributed by atoms with E-state index in [1.54, 1.807) is 11.4 Å². The molecule has 0 spiro atoms. The maximum atomic E-state index is 13.2. The summed E-state index contributed by atoms with van der Waals surface area (Å²) in [4.78, 5) is 8.85. The van der Waals surface area contributed by atoms with Crippen molar-refractivity contribution in [1.82, 2.24) is 9.97 Å². The minimum Gasteiger partial charge on any atom is -0.339 e. The Morgan fingerprint density at radius 3 is 2.48 bits per heavy atom. The number of hydrogen-bond donors (Lipinski definition) is 3. The van der Waals surface area contributed by atoms with Gasteiger partial charge in [-0.25, -0.2) is 24.0 Å². The Morgan fingerprint density at radius 1 is 1.10 bits per heavy atom. The lowest BCUT2D eigenvalue weighted by Crippen LogP contribution is -2.11. The lowest BCUT2D eigenvalue weighted by Gasteiger charge is -2.09. The van der Waals surface area contributed by atoms with Crippen LogP contribution in [-0.4, -0.2) is 9.97 Å². The van der Waals surface area contributed by atoms with Crippen LogP contribution >= 0.6 is 11.3 Å². The van der Waals surface area contributed by atoms with Crippen molar-refractivity contribution in [3.63, 3.8) is 0 Å². The molecule has 0 radical (unpaired) electrons. The van der Waals surface area contributed by atoms with Crippen LogP contribution in [0.2, 0.25) is 0 Å². The Balaban J connectivity index is 2.07. The third-order valence-corrected chi connectivity index (χ3v) is 3.51. The van der Waals surface area contributed by atoms with Crippen LogP contribution in [0, 0.1) is 17.5 Å². The number of hydrogen-bond acceptors (Lipinski definition) is 6. The van der Waals surface area contributed by atoms with Crippen molar-refractivity contribution in [2.75, 3.05) is 10.7 Å². The molecule has 0 unspecified atom stereocenters. The standard InChI is InChI=1S/C12H8F3N5S/c13-7-3-5(4-8(14)9(7)15)17-10-6-1-2-21-11(6)19-12(18-10)20-16/h1-4H,16H2,(H2,17,18,19,20). The highest BCUT2D eigenvalue weighted by Crippen LogP contribution is 2.29. The topological polar surface area (TPSA) is 75.9 Å². The maximum absolute atomic E-state index is 13.2. The minimum atomic E-state index is -1.52. The molecule has 1 aromatic carbocycles. The van der Waals surface area contributed by atoms with Gasteiger partial charge < -0.3 is 5.32 Å². The van der Waals surface area contributed by atoms with Crippen LogP contribution in [0.3, 0.4) is 0 Å². The van der Waals surface area contributed by atoms with Gasteiger partial charge in [0, 0.05) is 17.8 Å². The van der Waals surface area contributed by atoms with Gasteiger partial charge in [0.15, 0.2) is 17.5 Å². The number of aromatic nitrogens is 2. The highest BCUT2D eigenvalue weighted by atomic mass is 32.1. The van der Waals surface area contributed by atoms with Crippen LogP contribution in [-0.2, 0) is 0 Å². The Hall–Kier alpha value is -2.39. The molecule has 0 aliphatic heterocycles. The highest BCUT2D eigenvalue weighted by Gasteiger charge is 2.13. The molecule has 2 aromatic heterocycles. The number of thiophene rings is 1. The van der Waals surface area contributed by atoms with Gasteiger partial charge in [-0.3, -0.25) is 5.43 Å². The fourth-order valence-electron chi connectivity index (χ4n) is 1.78. The van der Waals surface area contributed by atoms with Crippen LogP contribution in [0.1, 0.15) is 0 Å². The summed E-state index contributed by atoms with van der Waals surface area (Å²) in [6, 6.07) is 3.43. The first-order valence-electron chi connectivity index (χ1n) is 5.72. The van der Waals surface area contributed by atoms with E-state index in [2.05, 4.69) is 20.7 Å². The van der Waals surface area contributed by atoms with E-state index in [4.69, 9.17) is 5.84 Å². The predicted molar refractivity (Wildman–Crippen MR) is 74.8 cm³/mol. The second kappa shape index (κ2) is 5.19. The monoisotopic (exact) mass is 311 g/mol. The number of halogens is 3. The average Bonchev–Trinajstić information content (AvgIpc) is 2.93. The van der Waals surface area contributed by atoms with Gasteiger partial charge >= 0.3 is 0 Å². The first-order valence-corrected chi connectivity index (χ1v) is 6.60. The quantitative estimate of drug-likeness (QED) is 0.393. The Bertz CT molecular complexity index is 797. The molecule has 0 saturated heterocycles. The molecule has 0 aliphatic carbocycles. The first-order chi connectivity index (χ1) is 10.1. The Kier molecular flexibility index (Phi) is 3.35. The molecule has 0 fully saturated rings. The molecular formula is C12H8F3N5S. The van der Waals surface area contributed by atoms with Crippen LogP contribution in [0.15, 0.2) is 23.6 Å². The molecule has 21 heavy (non-hydrogen) atoms. The van der Waals surface area contributed by atoms with Crippen molar-refractivity contribution < 1.29 is 13.2 Å². The number of benzene rings is 1. The normalized spacial score (nSPS) is 10.9. The second-order valence-corrected chi connectivity index (χ2v) is 4.95. The number of rotatable bonds is 3. The number of anilines is 3. The van der Waals surface area contributed by atoms with Gasteiger partial charge in [0.25, 0.3) is 0 Å². The Labute approximate surface area is 120 Å². The van der Waals surface area contributed by atoms with E-state index >= 15 is 0 Å². The zero-order valence-corrected chi connectivity index (χ0v) is 11.1. The molecular weight excluding hydrogens is 303 g/mol. The minimum absolute atomic E-state index is 0.0283. The van der Waals surface area contributed by atoms with E-state index in [0.29, 0.717) is 16.0 Å². The number of nitrogens with zero attached hydrogens (tertiary/aromatic N) is 2. The number of nitrogen functional groups attached to an aromatic ring is 1. The van der Waals surface area contributed by atoms with Crippen molar-refractivity contribution in [3.05, 3.63) is 41.0 Å². The fraction of sp³-hybridized carbons (Fsp3) is 0. The van der Waals surface area contributed by atoms with E-state index in [-0.39, 0.29) is 11.6 Å². The molecule has 0 amide bonds. The summed E-state index contributed by atoms with van der Waals surface area (Å²) < 4.78 is 39.4. The van der Waals surface area contributed by atoms with Crippen molar-refractivity contribution >= 4 is 39.0 Å². The summed E-state index contributed by atoms with van der Waals surface area (Å²) in [6.45, 7) is 0. The highest BCUT2D eigenvalue weighted by molar-refractivity contribution is 7.16. The fourth-order valence-corrected chi connectivity index (χ4v) is 2.54. The van der Waals surface area contributed by atoms with Gasteiger partial charge in [-0.15, -0.1) is 11.3 Å². The van der Waals surface area contributed by atoms with Gasteiger partial charge in [0.2, 0.25) is 5.95 Å². The van der Waals surface area contributed by atoms with Crippen molar-refractivity contribution in [2.45, 2.75) is 0 Å². The van der Waals surface area contributed by atoms with Crippen LogP contribution in [0.25, 0.3) is 10.2 Å². The van der Waals surface area contributed by atoms with Crippen LogP contribution in [0.4, 0.5) is 30.6 Å². The largest absolute Gasteiger partial charge is 0.339 e. The Morgan fingerprint density at radius 2 is 1.81 bits per heavy atom. The summed E-state index contributed by atoms with van der Waals surface area (Å²) in [5, 5.41) is 5.17. The maximum Gasteiger partial charge on any atom is 0.240 e. The molecule has 0 aliphatic rings. The van der Waals surface area contributed by atoms with E-state index in [1.807, 2.05) is 0 Å². The van der Waals surface area contributed by atoms with Gasteiger partial charge in [-0.1, -0.05) is 0 Å². The zero-order valence-electron chi connectivity index (χ0n) is 10.3. The SMILES string of the molecule is NNc1nc(Nc2cc(F)c(F)c(F)c2)c2ccsc2n1. The predicted octanol–water partition coefficient (Wildman–Crippen LogP) is 3.14. The van der Waals surface area contributed by atoms with Crippen molar-refractivity contribution in [3.8, 4) is 0 Å². The van der Waals surface area contributed by atoms with Gasteiger partial charge in [0.05, 0.1) is 5.39 Å². The average molecular weight is 311 g/mol. The molecule has 0 bridgehead atoms. The summed E-state index contributed by atoms with van der Waals surface area (Å²) in [5.41, 5.74) is 2.33. The third kappa shape index (κ3) is 2.48. The molecule has 3 aromatic rings. The van der Waals surface area contributed by atoms with E-state index < -0.39 is 17.5 Å². The number of fused-ring (bicyclic) bond motifs is 1. The number of nitrogens with one attached hydrogen (secondary N) is 2. The van der Waals surface area contributed by atoms with Crippen LogP contribution in [0.5, 0.6) is 0 Å². The van der Waals surface area contributed by atoms with Crippen molar-refractivity contribution in [1.29, 1.82) is 0 Å². The number of nitrogens with two attached hydrogens (primary N) is 1. The molecule has 4 N–H and O–H groups in total. The van der Waals surface area contributed by atoms with Gasteiger partial charge in [-0.05, 0) is 11.4 Å². The first kappa shape index (κ1) is 13.6. The lowest BCUT2D eigenvalue weighted by molar-refractivity contribution is 0.448. The molecule has 0 atom stereocenters. The van der Waals surface area contributed by atoms with Crippen LogP contribution < -0.4 is 16.6 Å². The van der Waals surface area contributed by atoms with E-state index in [9.17, 15) is 13.2 Å². The number of hydrazine groups is 1. The molecule has 108 valence electrons. The smallest absolute Gasteiger partial charge is 0.240 e. The summed E-state index contributed by atoms with van der Waals surface area (Å²) in [5.74, 6) is 1.63. The second-order valence-electron chi connectivity index (χ2n) is 4.06. The lowest BCUT2D eigenvalue weighted by atomic mass is 10.2.